The van der Waals surface area contributed by atoms with Gasteiger partial charge in [-0.25, -0.2) is 23.1 Å². The van der Waals surface area contributed by atoms with E-state index >= 15 is 0 Å². The minimum atomic E-state index is -3.88. The highest BCUT2D eigenvalue weighted by Gasteiger charge is 2.16. The first-order chi connectivity index (χ1) is 14.5. The average molecular weight is 442 g/mol. The van der Waals surface area contributed by atoms with Crippen LogP contribution in [0.1, 0.15) is 22.8 Å². The summed E-state index contributed by atoms with van der Waals surface area (Å²) in [4.78, 5) is 32.1. The number of carbonyl (C=O) groups is 1. The number of sulfonamides is 1. The summed E-state index contributed by atoms with van der Waals surface area (Å²) in [5.74, 6) is -0.297. The van der Waals surface area contributed by atoms with E-state index in [-0.39, 0.29) is 28.7 Å². The summed E-state index contributed by atoms with van der Waals surface area (Å²) in [7, 11) is -3.88. The fourth-order valence-corrected chi connectivity index (χ4v) is 4.09. The normalized spacial score (nSPS) is 11.2. The highest BCUT2D eigenvalue weighted by molar-refractivity contribution is 7.92. The summed E-state index contributed by atoms with van der Waals surface area (Å²) in [5, 5.41) is 2.72. The molecule has 10 heteroatoms. The Labute approximate surface area is 180 Å². The van der Waals surface area contributed by atoms with Crippen molar-refractivity contribution in [3.63, 3.8) is 0 Å². The van der Waals surface area contributed by atoms with Gasteiger partial charge in [0.25, 0.3) is 10.0 Å². The number of aromatic nitrogens is 3. The molecule has 3 rings (SSSR count). The zero-order valence-corrected chi connectivity index (χ0v) is 18.4. The number of hydrogen-bond acceptors (Lipinski definition) is 6. The Morgan fingerprint density at radius 2 is 1.48 bits per heavy atom. The molecule has 0 saturated carbocycles. The van der Waals surface area contributed by atoms with Gasteiger partial charge in [-0.05, 0) is 58.0 Å². The monoisotopic (exact) mass is 441 g/mol. The van der Waals surface area contributed by atoms with Crippen LogP contribution in [0.3, 0.4) is 0 Å². The van der Waals surface area contributed by atoms with Gasteiger partial charge in [0.15, 0.2) is 5.43 Å². The number of nitrogens with zero attached hydrogens (tertiary/aromatic N) is 3. The Balaban J connectivity index is 1.71. The molecule has 0 aliphatic carbocycles. The minimum Gasteiger partial charge on any atom is -0.340 e. The molecule has 0 atom stereocenters. The number of pyridine rings is 1. The molecular weight excluding hydrogens is 418 g/mol. The van der Waals surface area contributed by atoms with Gasteiger partial charge in [-0.1, -0.05) is 0 Å². The van der Waals surface area contributed by atoms with E-state index in [2.05, 4.69) is 20.0 Å². The van der Waals surface area contributed by atoms with Crippen molar-refractivity contribution in [2.75, 3.05) is 10.0 Å². The van der Waals surface area contributed by atoms with Gasteiger partial charge in [0, 0.05) is 40.6 Å². The zero-order valence-electron chi connectivity index (χ0n) is 17.6. The molecule has 3 aromatic rings. The fraction of sp³-hybridized carbons (Fsp3) is 0.238. The van der Waals surface area contributed by atoms with Crippen LogP contribution < -0.4 is 15.5 Å². The lowest BCUT2D eigenvalue weighted by molar-refractivity contribution is -0.116. The van der Waals surface area contributed by atoms with Crippen molar-refractivity contribution in [2.24, 2.45) is 0 Å². The van der Waals surface area contributed by atoms with Gasteiger partial charge in [0.05, 0.1) is 4.90 Å². The van der Waals surface area contributed by atoms with E-state index < -0.39 is 10.0 Å². The predicted octanol–water partition coefficient (Wildman–Crippen LogP) is 2.31. The van der Waals surface area contributed by atoms with Crippen molar-refractivity contribution in [3.8, 4) is 0 Å². The van der Waals surface area contributed by atoms with Crippen molar-refractivity contribution in [1.82, 2.24) is 14.5 Å². The van der Waals surface area contributed by atoms with E-state index in [0.717, 1.165) is 0 Å². The van der Waals surface area contributed by atoms with Gasteiger partial charge < -0.3 is 9.88 Å². The maximum absolute atomic E-state index is 12.6. The summed E-state index contributed by atoms with van der Waals surface area (Å²) in [6.45, 7) is 7.05. The van der Waals surface area contributed by atoms with Crippen LogP contribution in [0.15, 0.2) is 52.2 Å². The SMILES string of the molecule is Cc1cc(C)nc(NS(=O)(=O)c2ccc(NC(=O)Cn3c(C)cc(=O)cc3C)cc2)n1. The van der Waals surface area contributed by atoms with E-state index in [1.807, 2.05) is 0 Å². The summed E-state index contributed by atoms with van der Waals surface area (Å²) < 4.78 is 29.3. The van der Waals surface area contributed by atoms with Crippen LogP contribution in [0.25, 0.3) is 0 Å². The van der Waals surface area contributed by atoms with Gasteiger partial charge in [-0.3, -0.25) is 9.59 Å². The maximum atomic E-state index is 12.6. The smallest absolute Gasteiger partial charge is 0.264 e. The molecule has 0 bridgehead atoms. The summed E-state index contributed by atoms with van der Waals surface area (Å²) in [5.41, 5.74) is 3.00. The predicted molar refractivity (Wildman–Crippen MR) is 118 cm³/mol. The van der Waals surface area contributed by atoms with E-state index in [1.165, 1.54) is 36.4 Å². The second-order valence-corrected chi connectivity index (χ2v) is 8.89. The maximum Gasteiger partial charge on any atom is 0.264 e. The van der Waals surface area contributed by atoms with Crippen LogP contribution in [0, 0.1) is 27.7 Å². The lowest BCUT2D eigenvalue weighted by Crippen LogP contribution is -2.23. The molecule has 162 valence electrons. The van der Waals surface area contributed by atoms with Crippen molar-refractivity contribution < 1.29 is 13.2 Å². The van der Waals surface area contributed by atoms with Crippen LogP contribution in [-0.2, 0) is 21.4 Å². The summed E-state index contributed by atoms with van der Waals surface area (Å²) >= 11 is 0. The molecule has 1 amide bonds. The summed E-state index contributed by atoms with van der Waals surface area (Å²) in [6.07, 6.45) is 0. The Kier molecular flexibility index (Phi) is 6.21. The zero-order chi connectivity index (χ0) is 22.8. The van der Waals surface area contributed by atoms with E-state index in [4.69, 9.17) is 0 Å². The molecule has 0 fully saturated rings. The first kappa shape index (κ1) is 22.2. The average Bonchev–Trinajstić information content (AvgIpc) is 2.64. The van der Waals surface area contributed by atoms with Crippen molar-refractivity contribution in [1.29, 1.82) is 0 Å². The largest absolute Gasteiger partial charge is 0.340 e. The number of benzene rings is 1. The first-order valence-corrected chi connectivity index (χ1v) is 10.9. The topological polar surface area (TPSA) is 123 Å². The Morgan fingerprint density at radius 3 is 2.03 bits per heavy atom. The number of amides is 1. The molecule has 0 unspecified atom stereocenters. The molecule has 0 aliphatic heterocycles. The fourth-order valence-electron chi connectivity index (χ4n) is 3.15. The molecule has 31 heavy (non-hydrogen) atoms. The van der Waals surface area contributed by atoms with Gasteiger partial charge in [0.2, 0.25) is 11.9 Å². The molecule has 9 nitrogen and oxygen atoms in total. The number of anilines is 2. The third-order valence-corrected chi connectivity index (χ3v) is 5.86. The molecule has 0 spiro atoms. The third kappa shape index (κ3) is 5.54. The van der Waals surface area contributed by atoms with Crippen molar-refractivity contribution in [2.45, 2.75) is 39.1 Å². The number of aryl methyl sites for hydroxylation is 4. The van der Waals surface area contributed by atoms with E-state index in [9.17, 15) is 18.0 Å². The minimum absolute atomic E-state index is 0.00161. The highest BCUT2D eigenvalue weighted by Crippen LogP contribution is 2.17. The molecule has 0 radical (unpaired) electrons. The number of hydrogen-bond donors (Lipinski definition) is 2. The second-order valence-electron chi connectivity index (χ2n) is 7.21. The van der Waals surface area contributed by atoms with Crippen LogP contribution in [0.2, 0.25) is 0 Å². The third-order valence-electron chi connectivity index (χ3n) is 4.51. The first-order valence-electron chi connectivity index (χ1n) is 9.46. The Hall–Kier alpha value is -3.53. The van der Waals surface area contributed by atoms with Gasteiger partial charge in [-0.15, -0.1) is 0 Å². The molecule has 2 heterocycles. The number of carbonyl (C=O) groups excluding carboxylic acids is 1. The van der Waals surface area contributed by atoms with Gasteiger partial charge >= 0.3 is 0 Å². The van der Waals surface area contributed by atoms with Crippen LogP contribution in [-0.4, -0.2) is 28.9 Å². The highest BCUT2D eigenvalue weighted by atomic mass is 32.2. The quantitative estimate of drug-likeness (QED) is 0.605. The molecule has 2 aromatic heterocycles. The van der Waals surface area contributed by atoms with Crippen LogP contribution in [0.4, 0.5) is 11.6 Å². The Morgan fingerprint density at radius 1 is 0.935 bits per heavy atom. The van der Waals surface area contributed by atoms with Crippen LogP contribution >= 0.6 is 0 Å². The van der Waals surface area contributed by atoms with Crippen LogP contribution in [0.5, 0.6) is 0 Å². The summed E-state index contributed by atoms with van der Waals surface area (Å²) in [6, 6.07) is 10.4. The van der Waals surface area contributed by atoms with E-state index in [0.29, 0.717) is 28.5 Å². The van der Waals surface area contributed by atoms with Crippen molar-refractivity contribution >= 4 is 27.6 Å². The second kappa shape index (κ2) is 8.68. The van der Waals surface area contributed by atoms with Crippen molar-refractivity contribution in [3.05, 3.63) is 75.5 Å². The molecule has 0 aliphatic rings. The lowest BCUT2D eigenvalue weighted by Gasteiger charge is -2.14. The molecular formula is C21H23N5O4S. The molecule has 0 saturated heterocycles. The molecule has 1 aromatic carbocycles. The standard InChI is InChI=1S/C21H23N5O4S/c1-13-9-14(2)23-21(22-13)25-31(29,30)19-7-5-17(6-8-19)24-20(28)12-26-15(3)10-18(27)11-16(26)4/h5-11H,12H2,1-4H3,(H,24,28)(H,22,23,25). The van der Waals surface area contributed by atoms with Gasteiger partial charge in [0.1, 0.15) is 6.54 Å². The number of nitrogens with one attached hydrogen (secondary N) is 2. The lowest BCUT2D eigenvalue weighted by atomic mass is 10.2. The van der Waals surface area contributed by atoms with E-state index in [1.54, 1.807) is 38.3 Å². The number of rotatable bonds is 6. The molecule has 2 N–H and O–H groups in total. The van der Waals surface area contributed by atoms with Gasteiger partial charge in [-0.2, -0.15) is 0 Å². The Bertz CT molecular complexity index is 1250.